The molecule has 9 heteroatoms. The Morgan fingerprint density at radius 1 is 1.16 bits per heavy atom. The van der Waals surface area contributed by atoms with Crippen LogP contribution in [0.5, 0.6) is 17.2 Å². The third kappa shape index (κ3) is 4.55. The van der Waals surface area contributed by atoms with Gasteiger partial charge in [0.2, 0.25) is 15.8 Å². The van der Waals surface area contributed by atoms with Gasteiger partial charge in [0, 0.05) is 24.7 Å². The fraction of sp³-hybridized carbons (Fsp3) is 0.562. The molecule has 1 aromatic carbocycles. The summed E-state index contributed by atoms with van der Waals surface area (Å²) in [5.41, 5.74) is 0.353. The normalized spacial score (nSPS) is 18.5. The smallest absolute Gasteiger partial charge is 0.251 e. The number of methoxy groups -OCH3 is 3. The number of carbonyl (C=O) groups is 1. The standard InChI is InChI=1S/C16H24N2O6S/c1-22-13-8-11(9-14(23-2)15(13)24-3)16(19)17-12-6-5-7-18(10-12)25(4,20)21/h8-9,12H,5-7,10H2,1-4H3,(H,17,19)/t12-/m0/s1. The summed E-state index contributed by atoms with van der Waals surface area (Å²) in [7, 11) is 1.18. The average molecular weight is 372 g/mol. The van der Waals surface area contributed by atoms with E-state index in [4.69, 9.17) is 14.2 Å². The largest absolute Gasteiger partial charge is 0.493 e. The van der Waals surface area contributed by atoms with Crippen LogP contribution in [0.4, 0.5) is 0 Å². The number of hydrogen-bond acceptors (Lipinski definition) is 6. The van der Waals surface area contributed by atoms with Crippen LogP contribution >= 0.6 is 0 Å². The maximum atomic E-state index is 12.6. The molecule has 0 spiro atoms. The van der Waals surface area contributed by atoms with E-state index in [-0.39, 0.29) is 18.5 Å². The van der Waals surface area contributed by atoms with E-state index in [1.165, 1.54) is 31.9 Å². The second kappa shape index (κ2) is 7.92. The van der Waals surface area contributed by atoms with E-state index in [0.29, 0.717) is 35.8 Å². The number of rotatable bonds is 6. The topological polar surface area (TPSA) is 94.2 Å². The summed E-state index contributed by atoms with van der Waals surface area (Å²) < 4.78 is 40.5. The van der Waals surface area contributed by atoms with Gasteiger partial charge in [0.15, 0.2) is 11.5 Å². The molecule has 8 nitrogen and oxygen atoms in total. The summed E-state index contributed by atoms with van der Waals surface area (Å²) in [5, 5.41) is 2.88. The number of ether oxygens (including phenoxy) is 3. The van der Waals surface area contributed by atoms with Crippen molar-refractivity contribution in [2.24, 2.45) is 0 Å². The Labute approximate surface area is 148 Å². The minimum absolute atomic E-state index is 0.241. The van der Waals surface area contributed by atoms with Crippen LogP contribution in [0.2, 0.25) is 0 Å². The van der Waals surface area contributed by atoms with Crippen molar-refractivity contribution in [2.75, 3.05) is 40.7 Å². The lowest BCUT2D eigenvalue weighted by Crippen LogP contribution is -2.49. The van der Waals surface area contributed by atoms with Crippen molar-refractivity contribution in [3.05, 3.63) is 17.7 Å². The lowest BCUT2D eigenvalue weighted by atomic mass is 10.1. The average Bonchev–Trinajstić information content (AvgIpc) is 2.59. The van der Waals surface area contributed by atoms with Crippen molar-refractivity contribution >= 4 is 15.9 Å². The second-order valence-corrected chi connectivity index (χ2v) is 7.83. The van der Waals surface area contributed by atoms with Gasteiger partial charge in [-0.15, -0.1) is 0 Å². The third-order valence-corrected chi connectivity index (χ3v) is 5.38. The molecule has 1 saturated heterocycles. The molecule has 0 aromatic heterocycles. The quantitative estimate of drug-likeness (QED) is 0.796. The fourth-order valence-electron chi connectivity index (χ4n) is 2.84. The van der Waals surface area contributed by atoms with Crippen LogP contribution in [0.1, 0.15) is 23.2 Å². The van der Waals surface area contributed by atoms with Crippen LogP contribution in [-0.2, 0) is 10.0 Å². The molecular weight excluding hydrogens is 348 g/mol. The monoisotopic (exact) mass is 372 g/mol. The van der Waals surface area contributed by atoms with Gasteiger partial charge in [-0.2, -0.15) is 0 Å². The Morgan fingerprint density at radius 2 is 1.76 bits per heavy atom. The number of nitrogens with zero attached hydrogens (tertiary/aromatic N) is 1. The highest BCUT2D eigenvalue weighted by Crippen LogP contribution is 2.38. The number of carbonyl (C=O) groups excluding carboxylic acids is 1. The highest BCUT2D eigenvalue weighted by molar-refractivity contribution is 7.88. The van der Waals surface area contributed by atoms with Crippen LogP contribution in [-0.4, -0.2) is 65.3 Å². The maximum absolute atomic E-state index is 12.6. The van der Waals surface area contributed by atoms with Crippen LogP contribution in [0.25, 0.3) is 0 Å². The molecule has 2 rings (SSSR count). The Balaban J connectivity index is 2.18. The number of hydrogen-bond donors (Lipinski definition) is 1. The zero-order valence-corrected chi connectivity index (χ0v) is 15.7. The number of sulfonamides is 1. The van der Waals surface area contributed by atoms with E-state index in [0.717, 1.165) is 6.42 Å². The van der Waals surface area contributed by atoms with Crippen molar-refractivity contribution in [3.8, 4) is 17.2 Å². The summed E-state index contributed by atoms with van der Waals surface area (Å²) in [5.74, 6) is 0.851. The highest BCUT2D eigenvalue weighted by Gasteiger charge is 2.27. The number of amides is 1. The fourth-order valence-corrected chi connectivity index (χ4v) is 3.75. The van der Waals surface area contributed by atoms with Gasteiger partial charge in [-0.25, -0.2) is 12.7 Å². The van der Waals surface area contributed by atoms with Crippen LogP contribution in [0, 0.1) is 0 Å². The molecule has 1 fully saturated rings. The van der Waals surface area contributed by atoms with Crippen molar-refractivity contribution < 1.29 is 27.4 Å². The first kappa shape index (κ1) is 19.3. The third-order valence-electron chi connectivity index (χ3n) is 4.12. The molecule has 0 aliphatic carbocycles. The molecule has 0 unspecified atom stereocenters. The molecule has 1 amide bonds. The summed E-state index contributed by atoms with van der Waals surface area (Å²) in [4.78, 5) is 12.6. The van der Waals surface area contributed by atoms with E-state index in [1.54, 1.807) is 12.1 Å². The van der Waals surface area contributed by atoms with E-state index in [1.807, 2.05) is 0 Å². The van der Waals surface area contributed by atoms with Crippen molar-refractivity contribution in [3.63, 3.8) is 0 Å². The summed E-state index contributed by atoms with van der Waals surface area (Å²) in [6.45, 7) is 0.754. The molecule has 0 radical (unpaired) electrons. The van der Waals surface area contributed by atoms with Gasteiger partial charge >= 0.3 is 0 Å². The molecule has 1 aromatic rings. The van der Waals surface area contributed by atoms with Crippen molar-refractivity contribution in [1.82, 2.24) is 9.62 Å². The van der Waals surface area contributed by atoms with Crippen molar-refractivity contribution in [2.45, 2.75) is 18.9 Å². The van der Waals surface area contributed by atoms with E-state index in [2.05, 4.69) is 5.32 Å². The van der Waals surface area contributed by atoms with Gasteiger partial charge in [-0.3, -0.25) is 4.79 Å². The highest BCUT2D eigenvalue weighted by atomic mass is 32.2. The van der Waals surface area contributed by atoms with Gasteiger partial charge in [0.05, 0.1) is 27.6 Å². The molecular formula is C16H24N2O6S. The number of benzene rings is 1. The molecule has 0 bridgehead atoms. The van der Waals surface area contributed by atoms with Gasteiger partial charge in [0.1, 0.15) is 0 Å². The van der Waals surface area contributed by atoms with Gasteiger partial charge in [-0.1, -0.05) is 0 Å². The minimum Gasteiger partial charge on any atom is -0.493 e. The van der Waals surface area contributed by atoms with E-state index < -0.39 is 10.0 Å². The molecule has 1 aliphatic heterocycles. The second-order valence-electron chi connectivity index (χ2n) is 5.85. The Hall–Kier alpha value is -2.00. The molecule has 0 saturated carbocycles. The van der Waals surface area contributed by atoms with E-state index >= 15 is 0 Å². The molecule has 140 valence electrons. The zero-order valence-electron chi connectivity index (χ0n) is 14.9. The van der Waals surface area contributed by atoms with Gasteiger partial charge in [-0.05, 0) is 25.0 Å². The lowest BCUT2D eigenvalue weighted by Gasteiger charge is -2.31. The number of piperidine rings is 1. The van der Waals surface area contributed by atoms with Crippen molar-refractivity contribution in [1.29, 1.82) is 0 Å². The summed E-state index contributed by atoms with van der Waals surface area (Å²) in [6.07, 6.45) is 2.60. The maximum Gasteiger partial charge on any atom is 0.251 e. The van der Waals surface area contributed by atoms with Crippen LogP contribution in [0.15, 0.2) is 12.1 Å². The first-order valence-corrected chi connectivity index (χ1v) is 9.71. The summed E-state index contributed by atoms with van der Waals surface area (Å²) in [6, 6.07) is 2.89. The Kier molecular flexibility index (Phi) is 6.12. The molecule has 1 N–H and O–H groups in total. The zero-order chi connectivity index (χ0) is 18.6. The molecule has 1 heterocycles. The number of nitrogens with one attached hydrogen (secondary N) is 1. The predicted octanol–water partition coefficient (Wildman–Crippen LogP) is 0.866. The first-order chi connectivity index (χ1) is 11.8. The van der Waals surface area contributed by atoms with Crippen LogP contribution in [0.3, 0.4) is 0 Å². The summed E-state index contributed by atoms with van der Waals surface area (Å²) >= 11 is 0. The van der Waals surface area contributed by atoms with E-state index in [9.17, 15) is 13.2 Å². The first-order valence-electron chi connectivity index (χ1n) is 7.86. The molecule has 25 heavy (non-hydrogen) atoms. The predicted molar refractivity (Wildman–Crippen MR) is 93.0 cm³/mol. The van der Waals surface area contributed by atoms with Gasteiger partial charge < -0.3 is 19.5 Å². The SMILES string of the molecule is COc1cc(C(=O)N[C@H]2CCCN(S(C)(=O)=O)C2)cc(OC)c1OC. The molecule has 1 aliphatic rings. The van der Waals surface area contributed by atoms with Gasteiger partial charge in [0.25, 0.3) is 5.91 Å². The lowest BCUT2D eigenvalue weighted by molar-refractivity contribution is 0.0920. The Morgan fingerprint density at radius 3 is 2.24 bits per heavy atom. The minimum atomic E-state index is -3.26. The Bertz CT molecular complexity index is 709. The molecule has 1 atom stereocenters. The van der Waals surface area contributed by atoms with Crippen LogP contribution < -0.4 is 19.5 Å².